The lowest BCUT2D eigenvalue weighted by Gasteiger charge is -2.31. The molecular formula is C17H24N4O4S. The van der Waals surface area contributed by atoms with E-state index >= 15 is 0 Å². The zero-order chi connectivity index (χ0) is 18.5. The molecule has 142 valence electrons. The molecule has 4 atom stereocenters. The molecule has 1 unspecified atom stereocenters. The highest BCUT2D eigenvalue weighted by Crippen LogP contribution is 2.41. The van der Waals surface area contributed by atoms with Gasteiger partial charge in [-0.15, -0.1) is 0 Å². The first-order chi connectivity index (χ1) is 12.4. The number of aromatic nitrogens is 2. The number of hydrogen-bond donors (Lipinski definition) is 0. The van der Waals surface area contributed by atoms with Crippen LogP contribution in [-0.4, -0.2) is 56.2 Å². The Labute approximate surface area is 153 Å². The molecule has 3 heterocycles. The van der Waals surface area contributed by atoms with Gasteiger partial charge in [0.25, 0.3) is 11.8 Å². The molecule has 0 N–H and O–H groups in total. The van der Waals surface area contributed by atoms with Gasteiger partial charge in [0.1, 0.15) is 6.10 Å². The first-order valence-corrected chi connectivity index (χ1v) is 11.0. The van der Waals surface area contributed by atoms with Crippen molar-refractivity contribution in [2.75, 3.05) is 19.4 Å². The van der Waals surface area contributed by atoms with E-state index in [2.05, 4.69) is 9.46 Å². The van der Waals surface area contributed by atoms with Crippen molar-refractivity contribution in [2.45, 2.75) is 50.3 Å². The van der Waals surface area contributed by atoms with Crippen molar-refractivity contribution in [1.82, 2.24) is 14.7 Å². The Hall–Kier alpha value is -1.74. The lowest BCUT2D eigenvalue weighted by atomic mass is 9.93. The number of nitrogens with zero attached hydrogens (tertiary/aromatic N) is 4. The van der Waals surface area contributed by atoms with E-state index in [4.69, 9.17) is 4.74 Å². The quantitative estimate of drug-likeness (QED) is 0.764. The normalized spacial score (nSPS) is 29.8. The van der Waals surface area contributed by atoms with Crippen molar-refractivity contribution < 1.29 is 18.5 Å². The summed E-state index contributed by atoms with van der Waals surface area (Å²) in [6.45, 7) is 3.38. The van der Waals surface area contributed by atoms with Gasteiger partial charge in [0, 0.05) is 19.7 Å². The highest BCUT2D eigenvalue weighted by molar-refractivity contribution is 7.93. The number of fused-ring (bicyclic) bond motifs is 2. The van der Waals surface area contributed by atoms with Crippen molar-refractivity contribution in [3.63, 3.8) is 0 Å². The average Bonchev–Trinajstić information content (AvgIpc) is 3.27. The van der Waals surface area contributed by atoms with E-state index < -0.39 is 15.6 Å². The van der Waals surface area contributed by atoms with E-state index in [1.165, 1.54) is 25.8 Å². The fourth-order valence-electron chi connectivity index (χ4n) is 4.48. The summed E-state index contributed by atoms with van der Waals surface area (Å²) < 4.78 is 24.2. The van der Waals surface area contributed by atoms with Crippen LogP contribution in [0.3, 0.4) is 0 Å². The van der Waals surface area contributed by atoms with E-state index in [0.717, 1.165) is 12.8 Å². The lowest BCUT2D eigenvalue weighted by molar-refractivity contribution is -0.144. The fourth-order valence-corrected chi connectivity index (χ4v) is 5.92. The van der Waals surface area contributed by atoms with E-state index in [1.807, 2.05) is 0 Å². The van der Waals surface area contributed by atoms with Gasteiger partial charge in [-0.05, 0) is 24.7 Å². The molecule has 2 fully saturated rings. The summed E-state index contributed by atoms with van der Waals surface area (Å²) in [5.74, 6) is 0.382. The maximum Gasteiger partial charge on any atom is 0.252 e. The third-order valence-corrected chi connectivity index (χ3v) is 7.46. The highest BCUT2D eigenvalue weighted by atomic mass is 32.2. The summed E-state index contributed by atoms with van der Waals surface area (Å²) in [5.41, 5.74) is 0.697. The second-order valence-corrected chi connectivity index (χ2v) is 9.69. The molecule has 1 aliphatic carbocycles. The molecule has 26 heavy (non-hydrogen) atoms. The summed E-state index contributed by atoms with van der Waals surface area (Å²) in [6.07, 6.45) is 5.97. The molecule has 9 heteroatoms. The van der Waals surface area contributed by atoms with E-state index in [1.54, 1.807) is 9.58 Å². The van der Waals surface area contributed by atoms with Crippen molar-refractivity contribution in [2.24, 2.45) is 16.2 Å². The molecule has 3 aliphatic rings. The average molecular weight is 380 g/mol. The van der Waals surface area contributed by atoms with Gasteiger partial charge in [0.15, 0.2) is 0 Å². The Morgan fingerprint density at radius 1 is 1.35 bits per heavy atom. The minimum atomic E-state index is -2.87. The smallest absolute Gasteiger partial charge is 0.252 e. The molecule has 0 aromatic carbocycles. The van der Waals surface area contributed by atoms with Crippen LogP contribution in [0.15, 0.2) is 15.5 Å². The minimum Gasteiger partial charge on any atom is -0.368 e. The summed E-state index contributed by atoms with van der Waals surface area (Å²) in [6, 6.07) is 0. The third kappa shape index (κ3) is 2.96. The number of carbonyl (C=O) groups excluding carboxylic acids is 2. The number of hydrogen-bond acceptors (Lipinski definition) is 5. The highest BCUT2D eigenvalue weighted by Gasteiger charge is 2.45. The zero-order valence-corrected chi connectivity index (χ0v) is 15.9. The maximum absolute atomic E-state index is 13.0. The molecule has 8 nitrogen and oxygen atoms in total. The third-order valence-electron chi connectivity index (χ3n) is 5.70. The Bertz CT molecular complexity index is 870. The number of amides is 2. The SMILES string of the molecule is CC(=O)N=S(C)(=O)c1cnn2c1CN(C(=O)[C@@H]1OC[C@@H]3CCC[C@@H]31)CC2. The number of rotatable bonds is 2. The number of carbonyl (C=O) groups is 2. The van der Waals surface area contributed by atoms with Crippen LogP contribution < -0.4 is 0 Å². The molecule has 1 saturated heterocycles. The van der Waals surface area contributed by atoms with E-state index in [9.17, 15) is 13.8 Å². The van der Waals surface area contributed by atoms with Crippen molar-refractivity contribution in [1.29, 1.82) is 0 Å². The topological polar surface area (TPSA) is 93.9 Å². The van der Waals surface area contributed by atoms with Gasteiger partial charge in [-0.25, -0.2) is 4.21 Å². The molecule has 0 radical (unpaired) electrons. The molecule has 0 bridgehead atoms. The summed E-state index contributed by atoms with van der Waals surface area (Å²) in [7, 11) is -2.87. The maximum atomic E-state index is 13.0. The first-order valence-electron chi connectivity index (χ1n) is 9.04. The predicted molar refractivity (Wildman–Crippen MR) is 93.7 cm³/mol. The molecule has 0 spiro atoms. The summed E-state index contributed by atoms with van der Waals surface area (Å²) in [5, 5.41) is 4.27. The molecule has 1 aromatic rings. The monoisotopic (exact) mass is 380 g/mol. The van der Waals surface area contributed by atoms with Crippen LogP contribution in [0.4, 0.5) is 0 Å². The van der Waals surface area contributed by atoms with Crippen LogP contribution in [0, 0.1) is 11.8 Å². The second kappa shape index (κ2) is 6.45. The summed E-state index contributed by atoms with van der Waals surface area (Å²) >= 11 is 0. The fraction of sp³-hybridized carbons (Fsp3) is 0.706. The predicted octanol–water partition coefficient (Wildman–Crippen LogP) is 1.04. The van der Waals surface area contributed by atoms with Crippen LogP contribution in [0.5, 0.6) is 0 Å². The largest absolute Gasteiger partial charge is 0.368 e. The van der Waals surface area contributed by atoms with Gasteiger partial charge < -0.3 is 9.64 Å². The molecular weight excluding hydrogens is 356 g/mol. The van der Waals surface area contributed by atoms with Crippen LogP contribution >= 0.6 is 0 Å². The zero-order valence-electron chi connectivity index (χ0n) is 15.1. The van der Waals surface area contributed by atoms with Gasteiger partial charge in [0.2, 0.25) is 0 Å². The summed E-state index contributed by atoms with van der Waals surface area (Å²) in [4.78, 5) is 26.6. The van der Waals surface area contributed by atoms with Crippen LogP contribution in [0.2, 0.25) is 0 Å². The molecule has 1 aromatic heterocycles. The van der Waals surface area contributed by atoms with E-state index in [-0.39, 0.29) is 12.0 Å². The second-order valence-electron chi connectivity index (χ2n) is 7.46. The van der Waals surface area contributed by atoms with Crippen molar-refractivity contribution in [3.8, 4) is 0 Å². The van der Waals surface area contributed by atoms with Crippen LogP contribution in [0.1, 0.15) is 31.9 Å². The van der Waals surface area contributed by atoms with Gasteiger partial charge in [0.05, 0.1) is 46.2 Å². The van der Waals surface area contributed by atoms with Crippen LogP contribution in [0.25, 0.3) is 0 Å². The number of ether oxygens (including phenoxy) is 1. The molecule has 2 amide bonds. The van der Waals surface area contributed by atoms with Gasteiger partial charge >= 0.3 is 0 Å². The molecule has 4 rings (SSSR count). The molecule has 1 saturated carbocycles. The van der Waals surface area contributed by atoms with Gasteiger partial charge in [-0.3, -0.25) is 14.3 Å². The lowest BCUT2D eigenvalue weighted by Crippen LogP contribution is -2.45. The van der Waals surface area contributed by atoms with Crippen LogP contribution in [-0.2, 0) is 37.1 Å². The molecule has 2 aliphatic heterocycles. The Morgan fingerprint density at radius 2 is 2.15 bits per heavy atom. The Balaban J connectivity index is 1.58. The van der Waals surface area contributed by atoms with Crippen molar-refractivity contribution >= 4 is 21.5 Å². The Kier molecular flexibility index (Phi) is 4.38. The Morgan fingerprint density at radius 3 is 2.92 bits per heavy atom. The standard InChI is InChI=1S/C17H24N4O4S/c1-11(22)19-26(2,24)15-8-18-21-7-6-20(9-14(15)21)17(23)16-13-5-3-4-12(13)10-25-16/h8,12-13,16H,3-7,9-10H2,1-2H3/t12-,13-,16+,26?/m0/s1. The van der Waals surface area contributed by atoms with Gasteiger partial charge in [-0.1, -0.05) is 6.42 Å². The van der Waals surface area contributed by atoms with Crippen molar-refractivity contribution in [3.05, 3.63) is 11.9 Å². The minimum absolute atomic E-state index is 0.0175. The van der Waals surface area contributed by atoms with E-state index in [0.29, 0.717) is 48.7 Å². The van der Waals surface area contributed by atoms with Gasteiger partial charge in [-0.2, -0.15) is 9.46 Å². The first kappa shape index (κ1) is 17.7.